The summed E-state index contributed by atoms with van der Waals surface area (Å²) in [7, 11) is 0. The largest absolute Gasteiger partial charge is 0.480 e. The summed E-state index contributed by atoms with van der Waals surface area (Å²) in [5, 5.41) is 13.0. The van der Waals surface area contributed by atoms with Gasteiger partial charge in [-0.05, 0) is 44.2 Å². The number of benzene rings is 1. The van der Waals surface area contributed by atoms with Crippen molar-refractivity contribution >= 4 is 28.6 Å². The molecule has 1 saturated carbocycles. The SMILES string of the molecule is O=C(O)[C@@H]1CCCCN1c1nc2ccccc2nc1NC1CC1. The van der Waals surface area contributed by atoms with Gasteiger partial charge in [-0.25, -0.2) is 14.8 Å². The molecule has 2 fully saturated rings. The Hall–Kier alpha value is -2.37. The lowest BCUT2D eigenvalue weighted by molar-refractivity contribution is -0.139. The number of carbonyl (C=O) groups is 1. The molecule has 0 unspecified atom stereocenters. The number of piperidine rings is 1. The van der Waals surface area contributed by atoms with Gasteiger partial charge in [0.25, 0.3) is 0 Å². The second kappa shape index (κ2) is 5.68. The predicted molar refractivity (Wildman–Crippen MR) is 88.8 cm³/mol. The van der Waals surface area contributed by atoms with E-state index in [0.29, 0.717) is 24.8 Å². The second-order valence-corrected chi connectivity index (χ2v) is 6.35. The van der Waals surface area contributed by atoms with Crippen LogP contribution in [0.2, 0.25) is 0 Å². The van der Waals surface area contributed by atoms with Crippen LogP contribution >= 0.6 is 0 Å². The maximum atomic E-state index is 11.6. The first-order valence-electron chi connectivity index (χ1n) is 8.25. The summed E-state index contributed by atoms with van der Waals surface area (Å²) >= 11 is 0. The van der Waals surface area contributed by atoms with E-state index in [-0.39, 0.29) is 0 Å². The van der Waals surface area contributed by atoms with Crippen molar-refractivity contribution in [3.8, 4) is 0 Å². The third kappa shape index (κ3) is 2.81. The Morgan fingerprint density at radius 2 is 1.87 bits per heavy atom. The number of aliphatic carboxylic acids is 1. The zero-order valence-electron chi connectivity index (χ0n) is 12.9. The molecule has 6 nitrogen and oxygen atoms in total. The first-order chi connectivity index (χ1) is 11.2. The van der Waals surface area contributed by atoms with Gasteiger partial charge in [0.1, 0.15) is 6.04 Å². The van der Waals surface area contributed by atoms with Crippen molar-refractivity contribution in [2.45, 2.75) is 44.2 Å². The molecule has 1 aromatic carbocycles. The monoisotopic (exact) mass is 312 g/mol. The molecular weight excluding hydrogens is 292 g/mol. The summed E-state index contributed by atoms with van der Waals surface area (Å²) in [5.74, 6) is 0.624. The maximum Gasteiger partial charge on any atom is 0.326 e. The third-order valence-electron chi connectivity index (χ3n) is 4.53. The summed E-state index contributed by atoms with van der Waals surface area (Å²) in [4.78, 5) is 23.0. The van der Waals surface area contributed by atoms with E-state index in [1.165, 1.54) is 0 Å². The van der Waals surface area contributed by atoms with Crippen LogP contribution in [0.1, 0.15) is 32.1 Å². The highest BCUT2D eigenvalue weighted by Crippen LogP contribution is 2.33. The minimum atomic E-state index is -0.781. The molecule has 0 bridgehead atoms. The number of nitrogens with one attached hydrogen (secondary N) is 1. The second-order valence-electron chi connectivity index (χ2n) is 6.35. The average molecular weight is 312 g/mol. The van der Waals surface area contributed by atoms with Crippen LogP contribution in [-0.4, -0.2) is 39.7 Å². The van der Waals surface area contributed by atoms with E-state index in [2.05, 4.69) is 5.32 Å². The lowest BCUT2D eigenvalue weighted by Crippen LogP contribution is -2.45. The highest BCUT2D eigenvalue weighted by Gasteiger charge is 2.33. The smallest absolute Gasteiger partial charge is 0.326 e. The molecule has 23 heavy (non-hydrogen) atoms. The highest BCUT2D eigenvalue weighted by atomic mass is 16.4. The first-order valence-corrected chi connectivity index (χ1v) is 8.25. The minimum absolute atomic E-state index is 0.442. The van der Waals surface area contributed by atoms with E-state index in [4.69, 9.17) is 9.97 Å². The molecule has 0 radical (unpaired) electrons. The van der Waals surface area contributed by atoms with Crippen molar-refractivity contribution in [2.75, 3.05) is 16.8 Å². The summed E-state index contributed by atoms with van der Waals surface area (Å²) < 4.78 is 0. The van der Waals surface area contributed by atoms with E-state index < -0.39 is 12.0 Å². The summed E-state index contributed by atoms with van der Waals surface area (Å²) in [6.45, 7) is 0.712. The van der Waals surface area contributed by atoms with Crippen molar-refractivity contribution in [2.24, 2.45) is 0 Å². The Bertz CT molecular complexity index is 744. The Kier molecular flexibility index (Phi) is 3.52. The fourth-order valence-corrected chi connectivity index (χ4v) is 3.15. The van der Waals surface area contributed by atoms with E-state index in [1.54, 1.807) is 0 Å². The van der Waals surface area contributed by atoms with Crippen molar-refractivity contribution < 1.29 is 9.90 Å². The van der Waals surface area contributed by atoms with Crippen LogP contribution in [0.15, 0.2) is 24.3 Å². The number of carboxylic acids is 1. The molecule has 0 spiro atoms. The average Bonchev–Trinajstić information content (AvgIpc) is 3.38. The van der Waals surface area contributed by atoms with Crippen molar-refractivity contribution in [1.82, 2.24) is 9.97 Å². The summed E-state index contributed by atoms with van der Waals surface area (Å²) in [6, 6.07) is 7.66. The molecule has 2 aliphatic rings. The lowest BCUT2D eigenvalue weighted by atomic mass is 10.0. The lowest BCUT2D eigenvalue weighted by Gasteiger charge is -2.34. The van der Waals surface area contributed by atoms with Gasteiger partial charge in [0.05, 0.1) is 11.0 Å². The zero-order valence-corrected chi connectivity index (χ0v) is 12.9. The molecular formula is C17H20N4O2. The van der Waals surface area contributed by atoms with Gasteiger partial charge in [0.15, 0.2) is 11.6 Å². The number of nitrogens with zero attached hydrogens (tertiary/aromatic N) is 3. The number of hydrogen-bond donors (Lipinski definition) is 2. The molecule has 1 aliphatic carbocycles. The van der Waals surface area contributed by atoms with Gasteiger partial charge < -0.3 is 15.3 Å². The van der Waals surface area contributed by atoms with Gasteiger partial charge in [-0.2, -0.15) is 0 Å². The molecule has 4 rings (SSSR count). The molecule has 2 N–H and O–H groups in total. The van der Waals surface area contributed by atoms with Crippen LogP contribution in [0.3, 0.4) is 0 Å². The van der Waals surface area contributed by atoms with Crippen LogP contribution in [0.25, 0.3) is 11.0 Å². The number of aromatic nitrogens is 2. The van der Waals surface area contributed by atoms with Crippen molar-refractivity contribution in [3.05, 3.63) is 24.3 Å². The predicted octanol–water partition coefficient (Wildman–Crippen LogP) is 2.65. The molecule has 6 heteroatoms. The van der Waals surface area contributed by atoms with Gasteiger partial charge in [0.2, 0.25) is 0 Å². The quantitative estimate of drug-likeness (QED) is 0.903. The normalized spacial score (nSPS) is 21.4. The Morgan fingerprint density at radius 3 is 2.57 bits per heavy atom. The van der Waals surface area contributed by atoms with E-state index >= 15 is 0 Å². The van der Waals surface area contributed by atoms with E-state index in [0.717, 1.165) is 42.5 Å². The molecule has 2 heterocycles. The van der Waals surface area contributed by atoms with Gasteiger partial charge in [-0.1, -0.05) is 12.1 Å². The molecule has 1 aliphatic heterocycles. The molecule has 1 atom stereocenters. The maximum absolute atomic E-state index is 11.6. The molecule has 2 aromatic rings. The van der Waals surface area contributed by atoms with Crippen molar-refractivity contribution in [1.29, 1.82) is 0 Å². The van der Waals surface area contributed by atoms with Crippen LogP contribution in [0, 0.1) is 0 Å². The number of para-hydroxylation sites is 2. The molecule has 0 amide bonds. The highest BCUT2D eigenvalue weighted by molar-refractivity contribution is 5.84. The number of rotatable bonds is 4. The van der Waals surface area contributed by atoms with Crippen LogP contribution in [0.5, 0.6) is 0 Å². The Morgan fingerprint density at radius 1 is 1.13 bits per heavy atom. The first kappa shape index (κ1) is 14.2. The topological polar surface area (TPSA) is 78.3 Å². The van der Waals surface area contributed by atoms with E-state index in [1.807, 2.05) is 29.2 Å². The van der Waals surface area contributed by atoms with Gasteiger partial charge in [-0.15, -0.1) is 0 Å². The Labute approximate surface area is 134 Å². The number of carboxylic acid groups (broad SMARTS) is 1. The molecule has 120 valence electrons. The van der Waals surface area contributed by atoms with Crippen LogP contribution in [-0.2, 0) is 4.79 Å². The van der Waals surface area contributed by atoms with Crippen LogP contribution in [0.4, 0.5) is 11.6 Å². The third-order valence-corrected chi connectivity index (χ3v) is 4.53. The minimum Gasteiger partial charge on any atom is -0.480 e. The molecule has 1 aromatic heterocycles. The summed E-state index contributed by atoms with van der Waals surface area (Å²) in [6.07, 6.45) is 4.86. The fraction of sp³-hybridized carbons (Fsp3) is 0.471. The standard InChI is InChI=1S/C17H20N4O2/c22-17(23)14-7-3-4-10-21(14)16-15(18-11-8-9-11)19-12-5-1-2-6-13(12)20-16/h1-2,5-6,11,14H,3-4,7-10H2,(H,18,19)(H,22,23)/t14-/m0/s1. The zero-order chi connectivity index (χ0) is 15.8. The molecule has 1 saturated heterocycles. The van der Waals surface area contributed by atoms with Gasteiger partial charge >= 0.3 is 5.97 Å². The van der Waals surface area contributed by atoms with Gasteiger partial charge in [0, 0.05) is 12.6 Å². The number of anilines is 2. The van der Waals surface area contributed by atoms with E-state index in [9.17, 15) is 9.90 Å². The number of fused-ring (bicyclic) bond motifs is 1. The van der Waals surface area contributed by atoms with Crippen LogP contribution < -0.4 is 10.2 Å². The fourth-order valence-electron chi connectivity index (χ4n) is 3.15. The summed E-state index contributed by atoms with van der Waals surface area (Å²) in [5.41, 5.74) is 1.64. The number of hydrogen-bond acceptors (Lipinski definition) is 5. The van der Waals surface area contributed by atoms with Crippen molar-refractivity contribution in [3.63, 3.8) is 0 Å². The van der Waals surface area contributed by atoms with Gasteiger partial charge in [-0.3, -0.25) is 0 Å². The Balaban J connectivity index is 1.80.